The molecule has 0 aliphatic heterocycles. The molecule has 164 valence electrons. The van der Waals surface area contributed by atoms with Crippen LogP contribution in [0, 0.1) is 18.3 Å². The summed E-state index contributed by atoms with van der Waals surface area (Å²) in [5, 5.41) is 16.2. The highest BCUT2D eigenvalue weighted by molar-refractivity contribution is 6.03. The number of alkyl halides is 3. The van der Waals surface area contributed by atoms with E-state index in [9.17, 15) is 18.0 Å². The summed E-state index contributed by atoms with van der Waals surface area (Å²) in [6.07, 6.45) is -4.47. The van der Waals surface area contributed by atoms with Gasteiger partial charge in [0.05, 0.1) is 28.6 Å². The van der Waals surface area contributed by atoms with Crippen LogP contribution in [-0.2, 0) is 6.18 Å². The molecule has 4 aromatic rings. The van der Waals surface area contributed by atoms with Crippen LogP contribution < -0.4 is 5.32 Å². The quantitative estimate of drug-likeness (QED) is 0.419. The summed E-state index contributed by atoms with van der Waals surface area (Å²) >= 11 is 0. The summed E-state index contributed by atoms with van der Waals surface area (Å²) in [5.74, 6) is -0.443. The lowest BCUT2D eigenvalue weighted by Gasteiger charge is -2.13. The minimum Gasteiger partial charge on any atom is -0.321 e. The number of nitrogens with zero attached hydrogens (tertiary/aromatic N) is 3. The molecule has 33 heavy (non-hydrogen) atoms. The third-order valence-electron chi connectivity index (χ3n) is 4.97. The lowest BCUT2D eigenvalue weighted by molar-refractivity contribution is -0.137. The monoisotopic (exact) mass is 446 g/mol. The van der Waals surface area contributed by atoms with Gasteiger partial charge in [-0.1, -0.05) is 36.4 Å². The van der Waals surface area contributed by atoms with Crippen LogP contribution in [0.5, 0.6) is 0 Å². The molecule has 0 aliphatic carbocycles. The van der Waals surface area contributed by atoms with Crippen molar-refractivity contribution in [3.05, 3.63) is 101 Å². The number of carbonyl (C=O) groups is 1. The van der Waals surface area contributed by atoms with E-state index in [0.717, 1.165) is 6.07 Å². The summed E-state index contributed by atoms with van der Waals surface area (Å²) in [6.45, 7) is 1.74. The highest BCUT2D eigenvalue weighted by Gasteiger charge is 2.33. The van der Waals surface area contributed by atoms with Gasteiger partial charge in [0.25, 0.3) is 5.91 Å². The van der Waals surface area contributed by atoms with E-state index in [1.807, 2.05) is 0 Å². The van der Waals surface area contributed by atoms with Gasteiger partial charge in [0.2, 0.25) is 0 Å². The van der Waals surface area contributed by atoms with Gasteiger partial charge in [0.1, 0.15) is 5.69 Å². The minimum atomic E-state index is -4.47. The molecule has 0 bridgehead atoms. The maximum atomic E-state index is 13.3. The van der Waals surface area contributed by atoms with Crippen LogP contribution in [0.1, 0.15) is 27.3 Å². The molecule has 8 heteroatoms. The zero-order valence-electron chi connectivity index (χ0n) is 17.4. The average molecular weight is 446 g/mol. The van der Waals surface area contributed by atoms with Gasteiger partial charge < -0.3 is 5.32 Å². The number of nitriles is 1. The average Bonchev–Trinajstić information content (AvgIpc) is 3.21. The van der Waals surface area contributed by atoms with Gasteiger partial charge in [-0.3, -0.25) is 4.79 Å². The second kappa shape index (κ2) is 8.63. The standard InChI is InChI=1S/C25H17F3N4O/c1-16-13-23(32(31-16)20-6-4-5-17(14-20)15-29)24(33)30-19-11-9-18(10-12-19)21-7-2-3-8-22(21)25(26,27)28/h2-14H,1H3,(H,30,33). The molecule has 1 N–H and O–H groups in total. The molecule has 0 fully saturated rings. The van der Waals surface area contributed by atoms with E-state index in [1.54, 1.807) is 55.5 Å². The van der Waals surface area contributed by atoms with Crippen molar-refractivity contribution in [2.45, 2.75) is 13.1 Å². The number of amides is 1. The fourth-order valence-electron chi connectivity index (χ4n) is 3.48. The molecule has 1 heterocycles. The van der Waals surface area contributed by atoms with E-state index in [-0.39, 0.29) is 11.3 Å². The number of aryl methyl sites for hydroxylation is 1. The first-order valence-electron chi connectivity index (χ1n) is 9.91. The molecule has 0 aliphatic rings. The zero-order valence-corrected chi connectivity index (χ0v) is 17.4. The van der Waals surface area contributed by atoms with E-state index >= 15 is 0 Å². The molecular weight excluding hydrogens is 429 g/mol. The molecule has 1 amide bonds. The van der Waals surface area contributed by atoms with Crippen molar-refractivity contribution < 1.29 is 18.0 Å². The van der Waals surface area contributed by atoms with Crippen molar-refractivity contribution >= 4 is 11.6 Å². The van der Waals surface area contributed by atoms with Crippen molar-refractivity contribution in [2.75, 3.05) is 5.32 Å². The first-order chi connectivity index (χ1) is 15.8. The predicted octanol–water partition coefficient (Wildman–Crippen LogP) is 5.99. The fourth-order valence-corrected chi connectivity index (χ4v) is 3.48. The number of carbonyl (C=O) groups excluding carboxylic acids is 1. The molecule has 4 rings (SSSR count). The number of aromatic nitrogens is 2. The maximum Gasteiger partial charge on any atom is 0.417 e. The van der Waals surface area contributed by atoms with Crippen LogP contribution in [0.4, 0.5) is 18.9 Å². The molecule has 1 aromatic heterocycles. The second-order valence-corrected chi connectivity index (χ2v) is 7.32. The minimum absolute atomic E-state index is 0.0638. The summed E-state index contributed by atoms with van der Waals surface area (Å²) < 4.78 is 41.4. The Labute approximate surface area is 187 Å². The van der Waals surface area contributed by atoms with Crippen molar-refractivity contribution in [3.63, 3.8) is 0 Å². The Bertz CT molecular complexity index is 1370. The molecule has 5 nitrogen and oxygen atoms in total. The number of hydrogen-bond donors (Lipinski definition) is 1. The number of rotatable bonds is 4. The van der Waals surface area contributed by atoms with Crippen LogP contribution in [0.25, 0.3) is 16.8 Å². The number of nitrogens with one attached hydrogen (secondary N) is 1. The Balaban J connectivity index is 1.60. The van der Waals surface area contributed by atoms with Crippen LogP contribution in [-0.4, -0.2) is 15.7 Å². The van der Waals surface area contributed by atoms with Crippen LogP contribution in [0.15, 0.2) is 78.9 Å². The molecule has 0 spiro atoms. The van der Waals surface area contributed by atoms with Crippen molar-refractivity contribution in [2.24, 2.45) is 0 Å². The molecular formula is C25H17F3N4O. The molecule has 0 radical (unpaired) electrons. The van der Waals surface area contributed by atoms with E-state index in [0.29, 0.717) is 28.2 Å². The lowest BCUT2D eigenvalue weighted by atomic mass is 9.99. The first kappa shape index (κ1) is 21.8. The fraction of sp³-hybridized carbons (Fsp3) is 0.0800. The third-order valence-corrected chi connectivity index (χ3v) is 4.97. The van der Waals surface area contributed by atoms with Crippen LogP contribution >= 0.6 is 0 Å². The largest absolute Gasteiger partial charge is 0.417 e. The van der Waals surface area contributed by atoms with E-state index in [2.05, 4.69) is 16.5 Å². The van der Waals surface area contributed by atoms with Crippen molar-refractivity contribution in [3.8, 4) is 22.9 Å². The smallest absolute Gasteiger partial charge is 0.321 e. The number of benzene rings is 3. The zero-order chi connectivity index (χ0) is 23.6. The Morgan fingerprint density at radius 2 is 1.73 bits per heavy atom. The van der Waals surface area contributed by atoms with Gasteiger partial charge in [-0.05, 0) is 60.5 Å². The summed E-state index contributed by atoms with van der Waals surface area (Å²) in [4.78, 5) is 12.9. The van der Waals surface area contributed by atoms with Gasteiger partial charge in [0, 0.05) is 5.69 Å². The van der Waals surface area contributed by atoms with E-state index in [1.165, 1.54) is 28.9 Å². The van der Waals surface area contributed by atoms with Crippen LogP contribution in [0.3, 0.4) is 0 Å². The molecule has 3 aromatic carbocycles. The molecule has 0 atom stereocenters. The topological polar surface area (TPSA) is 70.7 Å². The lowest BCUT2D eigenvalue weighted by Crippen LogP contribution is -2.17. The number of halogens is 3. The molecule has 0 saturated carbocycles. The molecule has 0 saturated heterocycles. The van der Waals surface area contributed by atoms with Gasteiger partial charge in [-0.2, -0.15) is 23.5 Å². The van der Waals surface area contributed by atoms with Crippen molar-refractivity contribution in [1.29, 1.82) is 5.26 Å². The SMILES string of the molecule is Cc1cc(C(=O)Nc2ccc(-c3ccccc3C(F)(F)F)cc2)n(-c2cccc(C#N)c2)n1. The van der Waals surface area contributed by atoms with Crippen LogP contribution in [0.2, 0.25) is 0 Å². The summed E-state index contributed by atoms with van der Waals surface area (Å²) in [5.41, 5.74) is 2.01. The van der Waals surface area contributed by atoms with Gasteiger partial charge in [-0.15, -0.1) is 0 Å². The third kappa shape index (κ3) is 4.62. The highest BCUT2D eigenvalue weighted by Crippen LogP contribution is 2.37. The van der Waals surface area contributed by atoms with E-state index in [4.69, 9.17) is 5.26 Å². The second-order valence-electron chi connectivity index (χ2n) is 7.32. The Kier molecular flexibility index (Phi) is 5.71. The summed E-state index contributed by atoms with van der Waals surface area (Å²) in [7, 11) is 0. The Hall–Kier alpha value is -4.38. The van der Waals surface area contributed by atoms with E-state index < -0.39 is 17.6 Å². The Morgan fingerprint density at radius 3 is 2.42 bits per heavy atom. The number of anilines is 1. The Morgan fingerprint density at radius 1 is 1.00 bits per heavy atom. The molecule has 0 unspecified atom stereocenters. The normalized spacial score (nSPS) is 11.1. The van der Waals surface area contributed by atoms with Gasteiger partial charge in [0.15, 0.2) is 0 Å². The summed E-state index contributed by atoms with van der Waals surface area (Å²) in [6, 6.07) is 21.9. The van der Waals surface area contributed by atoms with Gasteiger partial charge in [-0.25, -0.2) is 4.68 Å². The van der Waals surface area contributed by atoms with Gasteiger partial charge >= 0.3 is 6.18 Å². The maximum absolute atomic E-state index is 13.3. The van der Waals surface area contributed by atoms with Crippen molar-refractivity contribution in [1.82, 2.24) is 9.78 Å². The highest BCUT2D eigenvalue weighted by atomic mass is 19.4. The first-order valence-corrected chi connectivity index (χ1v) is 9.91. The number of hydrogen-bond acceptors (Lipinski definition) is 3. The predicted molar refractivity (Wildman–Crippen MR) is 118 cm³/mol.